The molecule has 2 aromatic rings. The maximum absolute atomic E-state index is 11.8. The molecule has 0 bridgehead atoms. The van der Waals surface area contributed by atoms with Gasteiger partial charge in [0, 0.05) is 23.4 Å². The highest BCUT2D eigenvalue weighted by Gasteiger charge is 2.25. The number of hydrogen-bond acceptors (Lipinski definition) is 8. The molecule has 1 aliphatic heterocycles. The molecule has 1 heterocycles. The predicted molar refractivity (Wildman–Crippen MR) is 112 cm³/mol. The van der Waals surface area contributed by atoms with Gasteiger partial charge in [-0.15, -0.1) is 0 Å². The molecule has 1 unspecified atom stereocenters. The number of nitrogens with zero attached hydrogens (tertiary/aromatic N) is 2. The van der Waals surface area contributed by atoms with Crippen LogP contribution in [0, 0.1) is 11.3 Å². The van der Waals surface area contributed by atoms with E-state index in [1.54, 1.807) is 30.3 Å². The van der Waals surface area contributed by atoms with Crippen LogP contribution < -0.4 is 9.64 Å². The first-order valence-electron chi connectivity index (χ1n) is 9.78. The van der Waals surface area contributed by atoms with Crippen molar-refractivity contribution in [2.24, 2.45) is 0 Å². The summed E-state index contributed by atoms with van der Waals surface area (Å²) in [6, 6.07) is 14.7. The molecule has 162 valence electrons. The van der Waals surface area contributed by atoms with Gasteiger partial charge in [0.25, 0.3) is 0 Å². The number of ether oxygens (including phenoxy) is 4. The maximum atomic E-state index is 11.8. The van der Waals surface area contributed by atoms with Crippen LogP contribution in [0.25, 0.3) is 0 Å². The Morgan fingerprint density at radius 3 is 2.23 bits per heavy atom. The van der Waals surface area contributed by atoms with Gasteiger partial charge < -0.3 is 23.8 Å². The fourth-order valence-corrected chi connectivity index (χ4v) is 3.31. The monoisotopic (exact) mass is 424 g/mol. The van der Waals surface area contributed by atoms with Crippen molar-refractivity contribution < 1.29 is 28.5 Å². The van der Waals surface area contributed by atoms with Crippen molar-refractivity contribution in [1.82, 2.24) is 0 Å². The van der Waals surface area contributed by atoms with Gasteiger partial charge in [0.1, 0.15) is 25.2 Å². The lowest BCUT2D eigenvalue weighted by atomic mass is 10.0. The largest absolute Gasteiger partial charge is 0.490 e. The highest BCUT2D eigenvalue weighted by atomic mass is 16.6. The predicted octanol–water partition coefficient (Wildman–Crippen LogP) is 2.23. The average Bonchev–Trinajstić information content (AvgIpc) is 3.27. The number of hydrogen-bond donors (Lipinski definition) is 0. The lowest BCUT2D eigenvalue weighted by Crippen LogP contribution is -2.26. The number of rotatable bonds is 8. The summed E-state index contributed by atoms with van der Waals surface area (Å²) >= 11 is 0. The number of carbonyl (C=O) groups is 2. The normalized spacial score (nSPS) is 15.3. The number of benzene rings is 2. The molecule has 1 fully saturated rings. The highest BCUT2D eigenvalue weighted by molar-refractivity contribution is 5.76. The Morgan fingerprint density at radius 2 is 1.68 bits per heavy atom. The van der Waals surface area contributed by atoms with E-state index in [1.165, 1.54) is 14.2 Å². The van der Waals surface area contributed by atoms with E-state index in [0.29, 0.717) is 35.7 Å². The third kappa shape index (κ3) is 5.74. The average molecular weight is 424 g/mol. The van der Waals surface area contributed by atoms with Crippen LogP contribution in [0.3, 0.4) is 0 Å². The van der Waals surface area contributed by atoms with Gasteiger partial charge in [0.05, 0.1) is 38.7 Å². The molecule has 0 amide bonds. The van der Waals surface area contributed by atoms with E-state index in [9.17, 15) is 9.59 Å². The van der Waals surface area contributed by atoms with Gasteiger partial charge in [-0.25, -0.2) is 0 Å². The number of anilines is 1. The molecule has 8 heteroatoms. The van der Waals surface area contributed by atoms with Gasteiger partial charge in [-0.2, -0.15) is 5.26 Å². The molecule has 0 saturated carbocycles. The van der Waals surface area contributed by atoms with Crippen LogP contribution in [-0.2, 0) is 36.6 Å². The number of methoxy groups -OCH3 is 2. The van der Waals surface area contributed by atoms with E-state index in [4.69, 9.17) is 24.2 Å². The maximum Gasteiger partial charge on any atom is 0.310 e. The van der Waals surface area contributed by atoms with E-state index in [2.05, 4.69) is 6.07 Å². The number of esters is 2. The first kappa shape index (κ1) is 22.1. The topological polar surface area (TPSA) is 98.1 Å². The molecule has 1 saturated heterocycles. The Balaban J connectivity index is 1.70. The van der Waals surface area contributed by atoms with Crippen LogP contribution in [0.5, 0.6) is 5.75 Å². The van der Waals surface area contributed by atoms with Crippen LogP contribution >= 0.6 is 0 Å². The first-order valence-corrected chi connectivity index (χ1v) is 9.78. The summed E-state index contributed by atoms with van der Waals surface area (Å²) in [4.78, 5) is 25.7. The minimum absolute atomic E-state index is 0.0315. The van der Waals surface area contributed by atoms with Crippen LogP contribution in [0.15, 0.2) is 42.5 Å². The molecular formula is C23H24N2O6. The second-order valence-corrected chi connectivity index (χ2v) is 7.02. The summed E-state index contributed by atoms with van der Waals surface area (Å²) in [6.45, 7) is 1.26. The van der Waals surface area contributed by atoms with Crippen molar-refractivity contribution in [3.63, 3.8) is 0 Å². The quantitative estimate of drug-likeness (QED) is 0.595. The molecule has 0 aromatic heterocycles. The molecule has 0 spiro atoms. The van der Waals surface area contributed by atoms with Crippen molar-refractivity contribution in [2.45, 2.75) is 18.9 Å². The highest BCUT2D eigenvalue weighted by Crippen LogP contribution is 2.27. The molecule has 0 radical (unpaired) electrons. The van der Waals surface area contributed by atoms with Crippen molar-refractivity contribution in [3.05, 3.63) is 59.2 Å². The van der Waals surface area contributed by atoms with Crippen LogP contribution in [0.1, 0.15) is 16.7 Å². The molecule has 1 aliphatic rings. The number of carbonyl (C=O) groups excluding carboxylic acids is 2. The molecule has 0 N–H and O–H groups in total. The molecule has 1 atom stereocenters. The zero-order chi connectivity index (χ0) is 22.2. The van der Waals surface area contributed by atoms with Crippen LogP contribution in [-0.4, -0.2) is 52.1 Å². The number of para-hydroxylation sites is 1. The third-order valence-corrected chi connectivity index (χ3v) is 4.97. The molecule has 3 rings (SSSR count). The Kier molecular flexibility index (Phi) is 7.46. The Morgan fingerprint density at radius 1 is 1.06 bits per heavy atom. The Labute approximate surface area is 180 Å². The fraction of sp³-hybridized carbons (Fsp3) is 0.348. The van der Waals surface area contributed by atoms with Crippen molar-refractivity contribution in [2.75, 3.05) is 39.0 Å². The Bertz CT molecular complexity index is 931. The minimum Gasteiger partial charge on any atom is -0.490 e. The Hall–Kier alpha value is -3.57. The van der Waals surface area contributed by atoms with E-state index in [1.807, 2.05) is 17.0 Å². The zero-order valence-corrected chi connectivity index (χ0v) is 17.5. The fourth-order valence-electron chi connectivity index (χ4n) is 3.31. The first-order chi connectivity index (χ1) is 15.0. The molecular weight excluding hydrogens is 400 g/mol. The molecule has 31 heavy (non-hydrogen) atoms. The van der Waals surface area contributed by atoms with E-state index < -0.39 is 11.9 Å². The standard InChI is InChI=1S/C23H24N2O6/c1-28-21(26)10-17-4-3-5-18(11-22(27)29-2)23(17)30-14-20-13-25(15-31-20)19-8-6-16(12-24)7-9-19/h3-9,20H,10-11,13-15H2,1-2H3. The number of nitriles is 1. The van der Waals surface area contributed by atoms with E-state index in [0.717, 1.165) is 5.69 Å². The summed E-state index contributed by atoms with van der Waals surface area (Å²) in [7, 11) is 2.65. The lowest BCUT2D eigenvalue weighted by Gasteiger charge is -2.18. The van der Waals surface area contributed by atoms with Gasteiger partial charge in [0.15, 0.2) is 0 Å². The van der Waals surface area contributed by atoms with Gasteiger partial charge in [-0.3, -0.25) is 9.59 Å². The van der Waals surface area contributed by atoms with Gasteiger partial charge in [0.2, 0.25) is 0 Å². The van der Waals surface area contributed by atoms with Gasteiger partial charge in [-0.05, 0) is 24.3 Å². The zero-order valence-electron chi connectivity index (χ0n) is 17.5. The minimum atomic E-state index is -0.399. The lowest BCUT2D eigenvalue weighted by molar-refractivity contribution is -0.140. The van der Waals surface area contributed by atoms with Crippen LogP contribution in [0.2, 0.25) is 0 Å². The molecule has 0 aliphatic carbocycles. The van der Waals surface area contributed by atoms with Crippen molar-refractivity contribution in [3.8, 4) is 11.8 Å². The van der Waals surface area contributed by atoms with Gasteiger partial charge >= 0.3 is 11.9 Å². The van der Waals surface area contributed by atoms with Crippen molar-refractivity contribution in [1.29, 1.82) is 5.26 Å². The second kappa shape index (κ2) is 10.5. The summed E-state index contributed by atoms with van der Waals surface area (Å²) < 4.78 is 21.4. The summed E-state index contributed by atoms with van der Waals surface area (Å²) in [5.41, 5.74) is 2.83. The van der Waals surface area contributed by atoms with Crippen molar-refractivity contribution >= 4 is 17.6 Å². The summed E-state index contributed by atoms with van der Waals surface area (Å²) in [5, 5.41) is 8.94. The van der Waals surface area contributed by atoms with Gasteiger partial charge in [-0.1, -0.05) is 18.2 Å². The third-order valence-electron chi connectivity index (χ3n) is 4.97. The SMILES string of the molecule is COC(=O)Cc1cccc(CC(=O)OC)c1OCC1CN(c2ccc(C#N)cc2)CO1. The summed E-state index contributed by atoms with van der Waals surface area (Å²) in [5.74, 6) is -0.327. The van der Waals surface area contributed by atoms with Crippen LogP contribution in [0.4, 0.5) is 5.69 Å². The smallest absolute Gasteiger partial charge is 0.310 e. The molecule has 8 nitrogen and oxygen atoms in total. The van der Waals surface area contributed by atoms with E-state index in [-0.39, 0.29) is 25.6 Å². The molecule has 2 aromatic carbocycles. The van der Waals surface area contributed by atoms with E-state index >= 15 is 0 Å². The second-order valence-electron chi connectivity index (χ2n) is 7.02. The summed E-state index contributed by atoms with van der Waals surface area (Å²) in [6.07, 6.45) is -0.138.